The van der Waals surface area contributed by atoms with Gasteiger partial charge in [0.2, 0.25) is 0 Å². The Morgan fingerprint density at radius 1 is 1.43 bits per heavy atom. The minimum Gasteiger partial charge on any atom is -1.00 e. The molecule has 0 atom stereocenters. The van der Waals surface area contributed by atoms with Crippen molar-refractivity contribution in [3.05, 3.63) is 0 Å². The van der Waals surface area contributed by atoms with Crippen LogP contribution in [-0.4, -0.2) is 11.7 Å². The van der Waals surface area contributed by atoms with Gasteiger partial charge in [0.1, 0.15) is 0 Å². The summed E-state index contributed by atoms with van der Waals surface area (Å²) in [4.78, 5) is 0. The zero-order chi connectivity index (χ0) is 4.12. The van der Waals surface area contributed by atoms with E-state index in [9.17, 15) is 0 Å². The van der Waals surface area contributed by atoms with E-state index in [-0.39, 0.29) is 29.2 Å². The van der Waals surface area contributed by atoms with Crippen molar-refractivity contribution in [3.8, 4) is 0 Å². The summed E-state index contributed by atoms with van der Waals surface area (Å²) < 4.78 is 0. The maximum absolute atomic E-state index is 8.07. The summed E-state index contributed by atoms with van der Waals surface area (Å²) in [6.45, 7) is 2.40. The topological polar surface area (TPSA) is 20.2 Å². The molecule has 0 aromatic carbocycles. The Labute approximate surface area is 61.1 Å². The maximum atomic E-state index is 8.07. The predicted octanol–water partition coefficient (Wildman–Crippen LogP) is -2.22. The van der Waals surface area contributed by atoms with Crippen LogP contribution in [0.5, 0.6) is 0 Å². The van der Waals surface area contributed by atoms with Crippen molar-refractivity contribution >= 4 is 0 Å². The van der Waals surface area contributed by atoms with Crippen molar-refractivity contribution in [2.45, 2.75) is 19.8 Å². The first-order valence-electron chi connectivity index (χ1n) is 2.02. The SMILES string of the molecule is CCCCO.[Cl-].[Co]. The molecule has 1 radical (unpaired) electrons. The minimum absolute atomic E-state index is 0. The van der Waals surface area contributed by atoms with Crippen molar-refractivity contribution in [1.82, 2.24) is 0 Å². The smallest absolute Gasteiger partial charge is 0.0430 e. The van der Waals surface area contributed by atoms with Gasteiger partial charge in [0.05, 0.1) is 0 Å². The van der Waals surface area contributed by atoms with Crippen LogP contribution in [-0.2, 0) is 16.8 Å². The molecule has 0 fully saturated rings. The molecule has 0 unspecified atom stereocenters. The number of hydrogen-bond donors (Lipinski definition) is 1. The molecule has 0 saturated heterocycles. The molecule has 0 bridgehead atoms. The van der Waals surface area contributed by atoms with E-state index in [1.54, 1.807) is 0 Å². The second kappa shape index (κ2) is 15.9. The summed E-state index contributed by atoms with van der Waals surface area (Å²) in [5, 5.41) is 8.07. The number of hydrogen-bond acceptors (Lipinski definition) is 1. The zero-order valence-corrected chi connectivity index (χ0v) is 6.08. The molecule has 0 saturated carbocycles. The molecule has 0 spiro atoms. The van der Waals surface area contributed by atoms with Crippen molar-refractivity contribution in [2.24, 2.45) is 0 Å². The van der Waals surface area contributed by atoms with E-state index in [0.29, 0.717) is 6.61 Å². The Balaban J connectivity index is -0.0000000800. The first-order chi connectivity index (χ1) is 2.41. The van der Waals surface area contributed by atoms with Crippen LogP contribution < -0.4 is 12.4 Å². The summed E-state index contributed by atoms with van der Waals surface area (Å²) in [6.07, 6.45) is 2.04. The summed E-state index contributed by atoms with van der Waals surface area (Å²) in [6, 6.07) is 0. The van der Waals surface area contributed by atoms with Gasteiger partial charge >= 0.3 is 0 Å². The molecular weight excluding hydrogens is 158 g/mol. The van der Waals surface area contributed by atoms with E-state index in [1.807, 2.05) is 0 Å². The summed E-state index contributed by atoms with van der Waals surface area (Å²) in [7, 11) is 0. The summed E-state index contributed by atoms with van der Waals surface area (Å²) in [5.41, 5.74) is 0. The summed E-state index contributed by atoms with van der Waals surface area (Å²) >= 11 is 0. The largest absolute Gasteiger partial charge is 1.00 e. The molecule has 3 heteroatoms. The second-order valence-corrected chi connectivity index (χ2v) is 1.08. The molecular formula is C4H10ClCoO-. The van der Waals surface area contributed by atoms with Gasteiger partial charge in [-0.25, -0.2) is 0 Å². The predicted molar refractivity (Wildman–Crippen MR) is 22.0 cm³/mol. The van der Waals surface area contributed by atoms with Gasteiger partial charge in [-0.3, -0.25) is 0 Å². The Morgan fingerprint density at radius 3 is 1.86 bits per heavy atom. The van der Waals surface area contributed by atoms with E-state index in [4.69, 9.17) is 5.11 Å². The minimum atomic E-state index is 0. The van der Waals surface area contributed by atoms with Gasteiger partial charge in [0, 0.05) is 23.4 Å². The van der Waals surface area contributed by atoms with E-state index >= 15 is 0 Å². The molecule has 0 aliphatic carbocycles. The first-order valence-corrected chi connectivity index (χ1v) is 2.02. The number of rotatable bonds is 2. The Morgan fingerprint density at radius 2 is 1.86 bits per heavy atom. The molecule has 49 valence electrons. The van der Waals surface area contributed by atoms with Crippen LogP contribution >= 0.6 is 0 Å². The van der Waals surface area contributed by atoms with E-state index in [0.717, 1.165) is 12.8 Å². The van der Waals surface area contributed by atoms with Crippen molar-refractivity contribution < 1.29 is 34.3 Å². The van der Waals surface area contributed by atoms with Crippen molar-refractivity contribution in [1.29, 1.82) is 0 Å². The van der Waals surface area contributed by atoms with Gasteiger partial charge in [0.25, 0.3) is 0 Å². The number of aliphatic hydroxyl groups is 1. The van der Waals surface area contributed by atoms with Gasteiger partial charge in [0.15, 0.2) is 0 Å². The van der Waals surface area contributed by atoms with Crippen molar-refractivity contribution in [2.75, 3.05) is 6.61 Å². The second-order valence-electron chi connectivity index (χ2n) is 1.08. The Kier molecular flexibility index (Phi) is 35.5. The zero-order valence-electron chi connectivity index (χ0n) is 4.28. The molecule has 1 N–H and O–H groups in total. The van der Waals surface area contributed by atoms with Crippen LogP contribution in [0.15, 0.2) is 0 Å². The summed E-state index contributed by atoms with van der Waals surface area (Å²) in [5.74, 6) is 0. The Hall–Kier alpha value is 0.756. The van der Waals surface area contributed by atoms with Gasteiger partial charge < -0.3 is 17.5 Å². The molecule has 0 amide bonds. The average Bonchev–Trinajstić information content (AvgIpc) is 1.41. The van der Waals surface area contributed by atoms with Crippen LogP contribution in [0.3, 0.4) is 0 Å². The normalized spacial score (nSPS) is 6.00. The van der Waals surface area contributed by atoms with Crippen LogP contribution in [0.2, 0.25) is 0 Å². The van der Waals surface area contributed by atoms with Crippen LogP contribution in [0.1, 0.15) is 19.8 Å². The van der Waals surface area contributed by atoms with E-state index in [2.05, 4.69) is 6.92 Å². The van der Waals surface area contributed by atoms with Gasteiger partial charge in [-0.05, 0) is 6.42 Å². The first kappa shape index (κ1) is 15.7. The number of halogens is 1. The quantitative estimate of drug-likeness (QED) is 0.495. The number of unbranched alkanes of at least 4 members (excludes halogenated alkanes) is 1. The van der Waals surface area contributed by atoms with Gasteiger partial charge in [-0.1, -0.05) is 13.3 Å². The molecule has 7 heavy (non-hydrogen) atoms. The fraction of sp³-hybridized carbons (Fsp3) is 1.00. The Bertz CT molecular complexity index is 19.2. The van der Waals surface area contributed by atoms with Crippen LogP contribution in [0, 0.1) is 0 Å². The molecule has 0 rings (SSSR count). The third-order valence-electron chi connectivity index (χ3n) is 0.512. The van der Waals surface area contributed by atoms with Gasteiger partial charge in [-0.2, -0.15) is 0 Å². The standard InChI is InChI=1S/C4H10O.ClH.Co/c1-2-3-4-5;;/h5H,2-4H2,1H3;1H;/p-1. The fourth-order valence-corrected chi connectivity index (χ4v) is 0.158. The molecule has 0 heterocycles. The van der Waals surface area contributed by atoms with Crippen molar-refractivity contribution in [3.63, 3.8) is 0 Å². The molecule has 0 aromatic rings. The van der Waals surface area contributed by atoms with E-state index in [1.165, 1.54) is 0 Å². The monoisotopic (exact) mass is 168 g/mol. The maximum Gasteiger partial charge on any atom is 0.0430 e. The fourth-order valence-electron chi connectivity index (χ4n) is 0.158. The molecule has 1 nitrogen and oxygen atoms in total. The third kappa shape index (κ3) is 20.1. The van der Waals surface area contributed by atoms with Gasteiger partial charge in [-0.15, -0.1) is 0 Å². The van der Waals surface area contributed by atoms with E-state index < -0.39 is 0 Å². The molecule has 0 aromatic heterocycles. The molecule has 0 aliphatic rings. The van der Waals surface area contributed by atoms with Crippen LogP contribution in [0.25, 0.3) is 0 Å². The number of aliphatic hydroxyl groups excluding tert-OH is 1. The third-order valence-corrected chi connectivity index (χ3v) is 0.512. The average molecular weight is 169 g/mol. The van der Waals surface area contributed by atoms with Crippen LogP contribution in [0.4, 0.5) is 0 Å². The molecule has 0 aliphatic heterocycles.